The van der Waals surface area contributed by atoms with Gasteiger partial charge in [0.25, 0.3) is 0 Å². The fraction of sp³-hybridized carbons (Fsp3) is 0.286. The zero-order valence-electron chi connectivity index (χ0n) is 20.2. The molecule has 0 radical (unpaired) electrons. The van der Waals surface area contributed by atoms with Gasteiger partial charge in [0.2, 0.25) is 0 Å². The van der Waals surface area contributed by atoms with Gasteiger partial charge in [-0.1, -0.05) is 24.3 Å². The van der Waals surface area contributed by atoms with E-state index in [2.05, 4.69) is 49.8 Å². The lowest BCUT2D eigenvalue weighted by atomic mass is 10.1. The molecular formula is C28H30N4O3. The minimum Gasteiger partial charge on any atom is -0.497 e. The molecule has 2 aromatic heterocycles. The molecule has 180 valence electrons. The Bertz CT molecular complexity index is 1290. The first-order valence-corrected chi connectivity index (χ1v) is 11.9. The van der Waals surface area contributed by atoms with Crippen molar-refractivity contribution in [3.8, 4) is 5.75 Å². The van der Waals surface area contributed by atoms with Gasteiger partial charge in [0, 0.05) is 62.7 Å². The van der Waals surface area contributed by atoms with E-state index in [1.54, 1.807) is 19.2 Å². The van der Waals surface area contributed by atoms with Gasteiger partial charge in [-0.25, -0.2) is 9.78 Å². The maximum atomic E-state index is 11.7. The molecule has 1 aliphatic rings. The first kappa shape index (κ1) is 22.9. The molecule has 1 aliphatic heterocycles. The molecule has 0 aliphatic carbocycles. The number of carbonyl (C=O) groups excluding carboxylic acids is 1. The number of carbonyl (C=O) groups is 1. The van der Waals surface area contributed by atoms with E-state index < -0.39 is 0 Å². The average molecular weight is 471 g/mol. The predicted octanol–water partition coefficient (Wildman–Crippen LogP) is 4.20. The first-order chi connectivity index (χ1) is 17.1. The predicted molar refractivity (Wildman–Crippen MR) is 137 cm³/mol. The van der Waals surface area contributed by atoms with Crippen LogP contribution in [0.4, 0.5) is 5.69 Å². The van der Waals surface area contributed by atoms with Crippen molar-refractivity contribution in [3.05, 3.63) is 89.7 Å². The second-order valence-electron chi connectivity index (χ2n) is 8.81. The molecule has 0 atom stereocenters. The number of hydrogen-bond donors (Lipinski definition) is 0. The topological polar surface area (TPSA) is 59.8 Å². The number of hydrogen-bond acceptors (Lipinski definition) is 6. The highest BCUT2D eigenvalue weighted by molar-refractivity contribution is 5.90. The molecule has 0 spiro atoms. The molecule has 4 aromatic rings. The molecule has 7 nitrogen and oxygen atoms in total. The van der Waals surface area contributed by atoms with Gasteiger partial charge in [0.15, 0.2) is 0 Å². The van der Waals surface area contributed by atoms with E-state index in [-0.39, 0.29) is 5.97 Å². The van der Waals surface area contributed by atoms with Gasteiger partial charge < -0.3 is 18.9 Å². The van der Waals surface area contributed by atoms with Crippen LogP contribution >= 0.6 is 0 Å². The van der Waals surface area contributed by atoms with Crippen LogP contribution in [-0.2, 0) is 17.8 Å². The zero-order chi connectivity index (χ0) is 24.2. The fourth-order valence-corrected chi connectivity index (χ4v) is 4.68. The number of nitrogens with zero attached hydrogens (tertiary/aromatic N) is 4. The number of fused-ring (bicyclic) bond motifs is 1. The Morgan fingerprint density at radius 1 is 0.857 bits per heavy atom. The Balaban J connectivity index is 1.25. The number of rotatable bonds is 7. The highest BCUT2D eigenvalue weighted by atomic mass is 16.5. The van der Waals surface area contributed by atoms with Gasteiger partial charge in [-0.15, -0.1) is 0 Å². The van der Waals surface area contributed by atoms with Crippen LogP contribution in [0.15, 0.2) is 73.1 Å². The van der Waals surface area contributed by atoms with Crippen LogP contribution in [0.2, 0.25) is 0 Å². The zero-order valence-corrected chi connectivity index (χ0v) is 20.2. The molecule has 7 heteroatoms. The Kier molecular flexibility index (Phi) is 6.68. The van der Waals surface area contributed by atoms with Crippen LogP contribution in [0.3, 0.4) is 0 Å². The normalized spacial score (nSPS) is 14.3. The van der Waals surface area contributed by atoms with Gasteiger partial charge in [0.05, 0.1) is 19.8 Å². The minimum atomic E-state index is -0.321. The number of aromatic nitrogens is 2. The Hall–Kier alpha value is -3.84. The first-order valence-electron chi connectivity index (χ1n) is 11.9. The molecule has 1 saturated heterocycles. The Morgan fingerprint density at radius 2 is 1.54 bits per heavy atom. The summed E-state index contributed by atoms with van der Waals surface area (Å²) in [6.07, 6.45) is 3.99. The van der Waals surface area contributed by atoms with E-state index in [1.807, 2.05) is 30.5 Å². The third-order valence-electron chi connectivity index (χ3n) is 6.65. The van der Waals surface area contributed by atoms with Crippen molar-refractivity contribution in [2.75, 3.05) is 45.3 Å². The summed E-state index contributed by atoms with van der Waals surface area (Å²) in [6.45, 7) is 5.64. The smallest absolute Gasteiger partial charge is 0.337 e. The van der Waals surface area contributed by atoms with Crippen LogP contribution in [0.1, 0.15) is 21.5 Å². The number of esters is 1. The van der Waals surface area contributed by atoms with Crippen molar-refractivity contribution in [1.82, 2.24) is 14.5 Å². The largest absolute Gasteiger partial charge is 0.497 e. The molecule has 0 N–H and O–H groups in total. The summed E-state index contributed by atoms with van der Waals surface area (Å²) in [4.78, 5) is 21.3. The van der Waals surface area contributed by atoms with Gasteiger partial charge in [-0.3, -0.25) is 4.90 Å². The molecule has 5 rings (SSSR count). The fourth-order valence-electron chi connectivity index (χ4n) is 4.68. The summed E-state index contributed by atoms with van der Waals surface area (Å²) in [5.41, 5.74) is 5.18. The summed E-state index contributed by atoms with van der Waals surface area (Å²) in [5, 5.41) is 1.17. The lowest BCUT2D eigenvalue weighted by Gasteiger charge is -2.36. The molecule has 3 heterocycles. The van der Waals surface area contributed by atoms with Crippen molar-refractivity contribution >= 4 is 22.7 Å². The molecule has 0 amide bonds. The van der Waals surface area contributed by atoms with Gasteiger partial charge in [-0.2, -0.15) is 0 Å². The second kappa shape index (κ2) is 10.2. The van der Waals surface area contributed by atoms with E-state index in [0.717, 1.165) is 49.7 Å². The van der Waals surface area contributed by atoms with Crippen LogP contribution in [0.25, 0.3) is 11.0 Å². The Labute approximate surface area is 205 Å². The summed E-state index contributed by atoms with van der Waals surface area (Å²) < 4.78 is 12.2. The van der Waals surface area contributed by atoms with E-state index >= 15 is 0 Å². The second-order valence-corrected chi connectivity index (χ2v) is 8.81. The van der Waals surface area contributed by atoms with Crippen LogP contribution < -0.4 is 9.64 Å². The lowest BCUT2D eigenvalue weighted by molar-refractivity contribution is 0.0600. The van der Waals surface area contributed by atoms with Gasteiger partial charge >= 0.3 is 5.97 Å². The molecule has 0 bridgehead atoms. The van der Waals surface area contributed by atoms with Crippen molar-refractivity contribution in [2.24, 2.45) is 0 Å². The highest BCUT2D eigenvalue weighted by Crippen LogP contribution is 2.28. The van der Waals surface area contributed by atoms with Crippen LogP contribution in [0.5, 0.6) is 5.75 Å². The van der Waals surface area contributed by atoms with E-state index in [9.17, 15) is 4.79 Å². The summed E-state index contributed by atoms with van der Waals surface area (Å²) >= 11 is 0. The number of ether oxygens (including phenoxy) is 2. The number of anilines is 1. The quantitative estimate of drug-likeness (QED) is 0.377. The number of methoxy groups -OCH3 is 2. The standard InChI is InChI=1S/C28H30N4O3/c1-34-24-9-5-21(6-10-24)19-30-15-17-31(18-16-30)26-11-13-29-27-25(26)12-14-32(27)20-22-3-7-23(8-4-22)28(33)35-2/h3-14H,15-20H2,1-2H3. The molecular weight excluding hydrogens is 440 g/mol. The average Bonchev–Trinajstić information content (AvgIpc) is 3.32. The summed E-state index contributed by atoms with van der Waals surface area (Å²) in [6, 6.07) is 20.1. The molecule has 2 aromatic carbocycles. The molecule has 1 fully saturated rings. The van der Waals surface area contributed by atoms with Crippen LogP contribution in [0, 0.1) is 0 Å². The van der Waals surface area contributed by atoms with Crippen LogP contribution in [-0.4, -0.2) is 60.8 Å². The monoisotopic (exact) mass is 470 g/mol. The van der Waals surface area contributed by atoms with E-state index in [1.165, 1.54) is 23.7 Å². The maximum Gasteiger partial charge on any atom is 0.337 e. The molecule has 0 unspecified atom stereocenters. The van der Waals surface area contributed by atoms with Crippen molar-refractivity contribution in [1.29, 1.82) is 0 Å². The van der Waals surface area contributed by atoms with Crippen molar-refractivity contribution < 1.29 is 14.3 Å². The minimum absolute atomic E-state index is 0.321. The molecule has 0 saturated carbocycles. The highest BCUT2D eigenvalue weighted by Gasteiger charge is 2.20. The van der Waals surface area contributed by atoms with Crippen molar-refractivity contribution in [2.45, 2.75) is 13.1 Å². The lowest BCUT2D eigenvalue weighted by Crippen LogP contribution is -2.46. The SMILES string of the molecule is COC(=O)c1ccc(Cn2ccc3c(N4CCN(Cc5ccc(OC)cc5)CC4)ccnc32)cc1. The number of piperazine rings is 1. The summed E-state index contributed by atoms with van der Waals surface area (Å²) in [7, 11) is 3.09. The molecule has 35 heavy (non-hydrogen) atoms. The number of benzene rings is 2. The van der Waals surface area contributed by atoms with E-state index in [4.69, 9.17) is 9.47 Å². The summed E-state index contributed by atoms with van der Waals surface area (Å²) in [5.74, 6) is 0.573. The van der Waals surface area contributed by atoms with E-state index in [0.29, 0.717) is 12.1 Å². The van der Waals surface area contributed by atoms with Crippen molar-refractivity contribution in [3.63, 3.8) is 0 Å². The Morgan fingerprint density at radius 3 is 2.23 bits per heavy atom. The van der Waals surface area contributed by atoms with Gasteiger partial charge in [-0.05, 0) is 47.5 Å². The third-order valence-corrected chi connectivity index (χ3v) is 6.65. The number of pyridine rings is 1. The third kappa shape index (κ3) is 5.00. The maximum absolute atomic E-state index is 11.7. The van der Waals surface area contributed by atoms with Gasteiger partial charge in [0.1, 0.15) is 11.4 Å².